The van der Waals surface area contributed by atoms with Gasteiger partial charge in [0.05, 0.1) is 0 Å². The van der Waals surface area contributed by atoms with Crippen molar-refractivity contribution in [1.82, 2.24) is 15.8 Å². The summed E-state index contributed by atoms with van der Waals surface area (Å²) in [6.45, 7) is 3.97. The Labute approximate surface area is 136 Å². The van der Waals surface area contributed by atoms with Gasteiger partial charge in [-0.2, -0.15) is 0 Å². The summed E-state index contributed by atoms with van der Waals surface area (Å²) in [5.41, 5.74) is 6.56. The second kappa shape index (κ2) is 8.06. The first-order chi connectivity index (χ1) is 11.2. The average molecular weight is 323 g/mol. The van der Waals surface area contributed by atoms with Crippen molar-refractivity contribution >= 4 is 0 Å². The van der Waals surface area contributed by atoms with E-state index in [4.69, 9.17) is 4.74 Å². The lowest BCUT2D eigenvalue weighted by atomic mass is 9.88. The van der Waals surface area contributed by atoms with E-state index in [9.17, 15) is 9.50 Å². The van der Waals surface area contributed by atoms with Crippen LogP contribution in [0, 0.1) is 11.7 Å². The number of hydrogen-bond acceptors (Lipinski definition) is 5. The third-order valence-corrected chi connectivity index (χ3v) is 4.79. The molecule has 1 aromatic rings. The number of likely N-dealkylation sites (tertiary alicyclic amines) is 1. The highest BCUT2D eigenvalue weighted by molar-refractivity contribution is 5.22. The van der Waals surface area contributed by atoms with Crippen LogP contribution < -0.4 is 15.6 Å². The zero-order valence-corrected chi connectivity index (χ0v) is 13.4. The van der Waals surface area contributed by atoms with Crippen molar-refractivity contribution < 1.29 is 14.2 Å². The van der Waals surface area contributed by atoms with Crippen molar-refractivity contribution in [3.8, 4) is 5.75 Å². The molecule has 5 nitrogen and oxygen atoms in total. The van der Waals surface area contributed by atoms with Crippen molar-refractivity contribution in [3.05, 3.63) is 30.1 Å². The Bertz CT molecular complexity index is 471. The van der Waals surface area contributed by atoms with E-state index in [1.54, 1.807) is 12.1 Å². The first-order valence-corrected chi connectivity index (χ1v) is 8.48. The number of aliphatic hydroxyl groups excluding tert-OH is 1. The number of nitrogens with one attached hydrogen (secondary N) is 2. The van der Waals surface area contributed by atoms with Crippen LogP contribution in [0.4, 0.5) is 4.39 Å². The van der Waals surface area contributed by atoms with Crippen LogP contribution in [-0.2, 0) is 0 Å². The molecule has 2 heterocycles. The molecule has 0 bridgehead atoms. The van der Waals surface area contributed by atoms with Gasteiger partial charge in [-0.15, -0.1) is 0 Å². The summed E-state index contributed by atoms with van der Waals surface area (Å²) in [4.78, 5) is 2.30. The summed E-state index contributed by atoms with van der Waals surface area (Å²) >= 11 is 0. The Morgan fingerprint density at radius 3 is 2.61 bits per heavy atom. The molecule has 0 aliphatic carbocycles. The Morgan fingerprint density at radius 1 is 1.22 bits per heavy atom. The summed E-state index contributed by atoms with van der Waals surface area (Å²) in [7, 11) is 0. The Balaban J connectivity index is 1.35. The molecule has 3 rings (SSSR count). The highest BCUT2D eigenvalue weighted by Gasteiger charge is 2.28. The van der Waals surface area contributed by atoms with Crippen LogP contribution in [0.5, 0.6) is 5.75 Å². The minimum absolute atomic E-state index is 0.236. The van der Waals surface area contributed by atoms with Crippen molar-refractivity contribution in [1.29, 1.82) is 0 Å². The molecular formula is C17H26FN3O2. The molecule has 2 aliphatic heterocycles. The average Bonchev–Trinajstić information content (AvgIpc) is 3.09. The molecule has 2 fully saturated rings. The van der Waals surface area contributed by atoms with E-state index in [0.29, 0.717) is 18.3 Å². The van der Waals surface area contributed by atoms with Crippen LogP contribution in [0.2, 0.25) is 0 Å². The van der Waals surface area contributed by atoms with Gasteiger partial charge in [0, 0.05) is 19.1 Å². The Morgan fingerprint density at radius 2 is 1.96 bits per heavy atom. The molecule has 1 aromatic carbocycles. The van der Waals surface area contributed by atoms with Crippen molar-refractivity contribution in [2.75, 3.05) is 32.8 Å². The van der Waals surface area contributed by atoms with Gasteiger partial charge in [-0.3, -0.25) is 10.9 Å². The summed E-state index contributed by atoms with van der Waals surface area (Å²) in [5, 5.41) is 10.1. The molecule has 3 N–H and O–H groups in total. The maximum absolute atomic E-state index is 12.8. The molecule has 2 unspecified atom stereocenters. The quantitative estimate of drug-likeness (QED) is 0.733. The first kappa shape index (κ1) is 16.6. The van der Waals surface area contributed by atoms with E-state index in [-0.39, 0.29) is 12.4 Å². The highest BCUT2D eigenvalue weighted by Crippen LogP contribution is 2.23. The number of aliphatic hydroxyl groups is 1. The molecule has 23 heavy (non-hydrogen) atoms. The molecule has 0 aromatic heterocycles. The monoisotopic (exact) mass is 323 g/mol. The fraction of sp³-hybridized carbons (Fsp3) is 0.647. The van der Waals surface area contributed by atoms with Crippen LogP contribution in [0.3, 0.4) is 0 Å². The van der Waals surface area contributed by atoms with E-state index < -0.39 is 6.10 Å². The molecule has 0 spiro atoms. The maximum atomic E-state index is 12.8. The number of nitrogens with zero attached hydrogens (tertiary/aromatic N) is 1. The lowest BCUT2D eigenvalue weighted by molar-refractivity contribution is 0.0521. The van der Waals surface area contributed by atoms with Gasteiger partial charge in [0.15, 0.2) is 0 Å². The summed E-state index contributed by atoms with van der Waals surface area (Å²) in [6, 6.07) is 6.48. The maximum Gasteiger partial charge on any atom is 0.123 e. The number of ether oxygens (including phenoxy) is 1. The number of piperidine rings is 1. The van der Waals surface area contributed by atoms with Crippen molar-refractivity contribution in [3.63, 3.8) is 0 Å². The molecule has 2 atom stereocenters. The van der Waals surface area contributed by atoms with Gasteiger partial charge in [-0.05, 0) is 62.5 Å². The van der Waals surface area contributed by atoms with Gasteiger partial charge in [0.2, 0.25) is 0 Å². The van der Waals surface area contributed by atoms with Gasteiger partial charge in [0.25, 0.3) is 0 Å². The van der Waals surface area contributed by atoms with Gasteiger partial charge in [-0.1, -0.05) is 0 Å². The standard InChI is InChI=1S/C17H26FN3O2/c18-14-1-3-16(4-2-14)23-12-15(22)11-21-9-6-13(7-10-21)17-5-8-19-20-17/h1-4,13,15,17,19-20,22H,5-12H2. The zero-order chi connectivity index (χ0) is 16.1. The molecule has 6 heteroatoms. The summed E-state index contributed by atoms with van der Waals surface area (Å²) in [6.07, 6.45) is 3.03. The largest absolute Gasteiger partial charge is 0.491 e. The third kappa shape index (κ3) is 4.88. The van der Waals surface area contributed by atoms with E-state index in [1.807, 2.05) is 0 Å². The number of benzene rings is 1. The number of hydrogen-bond donors (Lipinski definition) is 3. The number of hydrazine groups is 1. The van der Waals surface area contributed by atoms with E-state index in [2.05, 4.69) is 15.8 Å². The van der Waals surface area contributed by atoms with Crippen LogP contribution in [0.1, 0.15) is 19.3 Å². The highest BCUT2D eigenvalue weighted by atomic mass is 19.1. The number of halogens is 1. The molecule has 0 amide bonds. The van der Waals surface area contributed by atoms with Gasteiger partial charge in [0.1, 0.15) is 24.3 Å². The molecule has 128 valence electrons. The lowest BCUT2D eigenvalue weighted by Crippen LogP contribution is -2.45. The van der Waals surface area contributed by atoms with Gasteiger partial charge in [-0.25, -0.2) is 4.39 Å². The van der Waals surface area contributed by atoms with Gasteiger partial charge < -0.3 is 14.7 Å². The number of β-amino-alcohol motifs (C(OH)–C–C–N with tert-alkyl or cyclic N) is 1. The Kier molecular flexibility index (Phi) is 5.83. The van der Waals surface area contributed by atoms with E-state index >= 15 is 0 Å². The minimum Gasteiger partial charge on any atom is -0.491 e. The second-order valence-corrected chi connectivity index (χ2v) is 6.52. The lowest BCUT2D eigenvalue weighted by Gasteiger charge is -2.35. The minimum atomic E-state index is -0.525. The second-order valence-electron chi connectivity index (χ2n) is 6.52. The molecule has 0 radical (unpaired) electrons. The molecule has 2 aliphatic rings. The molecular weight excluding hydrogens is 297 g/mol. The van der Waals surface area contributed by atoms with Crippen LogP contribution in [-0.4, -0.2) is 54.9 Å². The van der Waals surface area contributed by atoms with Gasteiger partial charge >= 0.3 is 0 Å². The van der Waals surface area contributed by atoms with Crippen LogP contribution >= 0.6 is 0 Å². The zero-order valence-electron chi connectivity index (χ0n) is 13.4. The normalized spacial score (nSPS) is 24.7. The predicted molar refractivity (Wildman–Crippen MR) is 86.6 cm³/mol. The molecule has 0 saturated carbocycles. The van der Waals surface area contributed by atoms with E-state index in [1.165, 1.54) is 31.4 Å². The summed E-state index contributed by atoms with van der Waals surface area (Å²) in [5.74, 6) is 1.03. The van der Waals surface area contributed by atoms with Crippen LogP contribution in [0.25, 0.3) is 0 Å². The third-order valence-electron chi connectivity index (χ3n) is 4.79. The topological polar surface area (TPSA) is 56.8 Å². The van der Waals surface area contributed by atoms with Crippen molar-refractivity contribution in [2.24, 2.45) is 5.92 Å². The van der Waals surface area contributed by atoms with Crippen molar-refractivity contribution in [2.45, 2.75) is 31.4 Å². The van der Waals surface area contributed by atoms with E-state index in [0.717, 1.165) is 25.6 Å². The van der Waals surface area contributed by atoms with Crippen LogP contribution in [0.15, 0.2) is 24.3 Å². The summed E-state index contributed by atoms with van der Waals surface area (Å²) < 4.78 is 18.3. The number of rotatable bonds is 6. The first-order valence-electron chi connectivity index (χ1n) is 8.48. The predicted octanol–water partition coefficient (Wildman–Crippen LogP) is 1.14. The fourth-order valence-corrected chi connectivity index (χ4v) is 3.47. The fourth-order valence-electron chi connectivity index (χ4n) is 3.47. The molecule has 2 saturated heterocycles. The smallest absolute Gasteiger partial charge is 0.123 e. The Hall–Kier alpha value is -1.21. The SMILES string of the molecule is OC(COc1ccc(F)cc1)CN1CCC(C2CCNN2)CC1.